The molecule has 1 heterocycles. The van der Waals surface area contributed by atoms with Crippen LogP contribution in [-0.2, 0) is 20.9 Å². The lowest BCUT2D eigenvalue weighted by Gasteiger charge is -2.42. The van der Waals surface area contributed by atoms with Gasteiger partial charge in [-0.05, 0) is 59.4 Å². The second-order valence-electron chi connectivity index (χ2n) is 11.8. The number of hydrogen-bond acceptors (Lipinski definition) is 5. The predicted octanol–water partition coefficient (Wildman–Crippen LogP) is 4.93. The molecular weight excluding hydrogens is 530 g/mol. The predicted molar refractivity (Wildman–Crippen MR) is 159 cm³/mol. The van der Waals surface area contributed by atoms with Gasteiger partial charge in [-0.3, -0.25) is 9.69 Å². The number of hydrogen-bond donors (Lipinski definition) is 3. The first-order chi connectivity index (χ1) is 20.4. The van der Waals surface area contributed by atoms with Crippen molar-refractivity contribution in [2.75, 3.05) is 19.7 Å². The van der Waals surface area contributed by atoms with Crippen LogP contribution in [0.3, 0.4) is 0 Å². The van der Waals surface area contributed by atoms with Crippen molar-refractivity contribution >= 4 is 18.0 Å². The SMILES string of the molecule is O=C(NC1(C(=O)NC(C(=O)O)C2CCC2)CCN(Cc2ccccc2)CC1)OCC1c2ccccc2-c2ccccc21. The fraction of sp³-hybridized carbons (Fsp3) is 0.382. The summed E-state index contributed by atoms with van der Waals surface area (Å²) in [6, 6.07) is 25.4. The standard InChI is InChI=1S/C34H37N3O5/c38-31(39)30(24-11-8-12-24)35-32(40)34(17-19-37(20-18-34)21-23-9-2-1-3-10-23)36-33(41)42-22-29-27-15-6-4-13-25(27)26-14-5-7-16-28(26)29/h1-7,9-10,13-16,24,29-30H,8,11-12,17-22H2,(H,35,40)(H,36,41)(H,38,39). The summed E-state index contributed by atoms with van der Waals surface area (Å²) in [7, 11) is 0. The zero-order valence-electron chi connectivity index (χ0n) is 23.6. The molecular formula is C34H37N3O5. The van der Waals surface area contributed by atoms with E-state index >= 15 is 0 Å². The van der Waals surface area contributed by atoms with Gasteiger partial charge in [0, 0.05) is 25.6 Å². The zero-order chi connectivity index (χ0) is 29.1. The Balaban J connectivity index is 1.16. The maximum Gasteiger partial charge on any atom is 0.408 e. The third-order valence-corrected chi connectivity index (χ3v) is 9.25. The molecule has 2 fully saturated rings. The molecule has 3 aromatic carbocycles. The van der Waals surface area contributed by atoms with Crippen molar-refractivity contribution in [1.29, 1.82) is 0 Å². The fourth-order valence-electron chi connectivity index (χ4n) is 6.61. The molecule has 1 atom stereocenters. The Hall–Kier alpha value is -4.17. The largest absolute Gasteiger partial charge is 0.480 e. The number of carbonyl (C=O) groups excluding carboxylic acids is 2. The van der Waals surface area contributed by atoms with Crippen molar-refractivity contribution in [1.82, 2.24) is 15.5 Å². The van der Waals surface area contributed by atoms with Gasteiger partial charge in [0.25, 0.3) is 0 Å². The van der Waals surface area contributed by atoms with Crippen molar-refractivity contribution < 1.29 is 24.2 Å². The lowest BCUT2D eigenvalue weighted by atomic mass is 9.78. The minimum Gasteiger partial charge on any atom is -0.480 e. The molecule has 8 nitrogen and oxygen atoms in total. The number of ether oxygens (including phenoxy) is 1. The van der Waals surface area contributed by atoms with Crippen LogP contribution >= 0.6 is 0 Å². The lowest BCUT2D eigenvalue weighted by Crippen LogP contribution is -2.65. The van der Waals surface area contributed by atoms with E-state index < -0.39 is 29.6 Å². The molecule has 3 aliphatic rings. The quantitative estimate of drug-likeness (QED) is 0.339. The van der Waals surface area contributed by atoms with Crippen LogP contribution in [0, 0.1) is 5.92 Å². The Morgan fingerprint density at radius 1 is 0.881 bits per heavy atom. The van der Waals surface area contributed by atoms with Crippen LogP contribution in [0.15, 0.2) is 78.9 Å². The first-order valence-corrected chi connectivity index (χ1v) is 14.9. The number of piperidine rings is 1. The summed E-state index contributed by atoms with van der Waals surface area (Å²) < 4.78 is 5.81. The molecule has 42 heavy (non-hydrogen) atoms. The number of rotatable bonds is 9. The molecule has 0 radical (unpaired) electrons. The van der Waals surface area contributed by atoms with E-state index in [4.69, 9.17) is 4.74 Å². The molecule has 1 unspecified atom stereocenters. The van der Waals surface area contributed by atoms with Crippen LogP contribution in [0.25, 0.3) is 11.1 Å². The molecule has 218 valence electrons. The van der Waals surface area contributed by atoms with Crippen LogP contribution in [0.1, 0.15) is 54.7 Å². The van der Waals surface area contributed by atoms with Crippen molar-refractivity contribution in [2.45, 2.75) is 56.1 Å². The number of carbonyl (C=O) groups is 3. The molecule has 0 bridgehead atoms. The van der Waals surface area contributed by atoms with Crippen LogP contribution in [0.5, 0.6) is 0 Å². The minimum atomic E-state index is -1.26. The Morgan fingerprint density at radius 2 is 1.48 bits per heavy atom. The summed E-state index contributed by atoms with van der Waals surface area (Å²) >= 11 is 0. The number of carboxylic acid groups (broad SMARTS) is 1. The van der Waals surface area contributed by atoms with E-state index in [1.165, 1.54) is 5.56 Å². The van der Waals surface area contributed by atoms with Gasteiger partial charge in [-0.25, -0.2) is 9.59 Å². The summed E-state index contributed by atoms with van der Waals surface area (Å²) in [5, 5.41) is 15.6. The molecule has 2 amide bonds. The fourth-order valence-corrected chi connectivity index (χ4v) is 6.61. The lowest BCUT2D eigenvalue weighted by molar-refractivity contribution is -0.146. The summed E-state index contributed by atoms with van der Waals surface area (Å²) in [4.78, 5) is 41.5. The highest BCUT2D eigenvalue weighted by Gasteiger charge is 2.46. The molecule has 0 spiro atoms. The number of aliphatic carboxylic acids is 1. The monoisotopic (exact) mass is 567 g/mol. The van der Waals surface area contributed by atoms with Crippen LogP contribution in [-0.4, -0.2) is 59.3 Å². The second-order valence-corrected chi connectivity index (χ2v) is 11.8. The van der Waals surface area contributed by atoms with E-state index in [1.54, 1.807) is 0 Å². The summed E-state index contributed by atoms with van der Waals surface area (Å²) in [5.74, 6) is -1.67. The van der Waals surface area contributed by atoms with E-state index in [1.807, 2.05) is 42.5 Å². The molecule has 1 saturated heterocycles. The van der Waals surface area contributed by atoms with Gasteiger partial charge in [-0.15, -0.1) is 0 Å². The maximum atomic E-state index is 13.8. The average Bonchev–Trinajstić information content (AvgIpc) is 3.30. The summed E-state index contributed by atoms with van der Waals surface area (Å²) in [6.07, 6.45) is 2.55. The van der Waals surface area contributed by atoms with Crippen molar-refractivity contribution in [2.24, 2.45) is 5.92 Å². The van der Waals surface area contributed by atoms with Gasteiger partial charge in [0.15, 0.2) is 0 Å². The molecule has 0 aromatic heterocycles. The molecule has 1 saturated carbocycles. The first kappa shape index (κ1) is 28.0. The summed E-state index contributed by atoms with van der Waals surface area (Å²) in [5.41, 5.74) is 4.41. The Morgan fingerprint density at radius 3 is 2.05 bits per heavy atom. The van der Waals surface area contributed by atoms with Crippen molar-refractivity contribution in [3.8, 4) is 11.1 Å². The Kier molecular flexibility index (Phi) is 7.98. The van der Waals surface area contributed by atoms with Crippen LogP contribution in [0.4, 0.5) is 4.79 Å². The molecule has 2 aliphatic carbocycles. The maximum absolute atomic E-state index is 13.8. The number of fused-ring (bicyclic) bond motifs is 3. The normalized spacial score (nSPS) is 18.7. The third-order valence-electron chi connectivity index (χ3n) is 9.25. The van der Waals surface area contributed by atoms with Crippen LogP contribution < -0.4 is 10.6 Å². The molecule has 8 heteroatoms. The molecule has 6 rings (SSSR count). The molecule has 3 N–H and O–H groups in total. The van der Waals surface area contributed by atoms with E-state index in [2.05, 4.69) is 51.9 Å². The van der Waals surface area contributed by atoms with Gasteiger partial charge in [0.05, 0.1) is 0 Å². The molecule has 3 aromatic rings. The van der Waals surface area contributed by atoms with E-state index in [-0.39, 0.29) is 18.4 Å². The Bertz CT molecular complexity index is 1400. The van der Waals surface area contributed by atoms with E-state index in [0.717, 1.165) is 48.1 Å². The number of alkyl carbamates (subject to hydrolysis) is 1. The van der Waals surface area contributed by atoms with Gasteiger partial charge < -0.3 is 20.5 Å². The average molecular weight is 568 g/mol. The highest BCUT2D eigenvalue weighted by atomic mass is 16.5. The number of amides is 2. The van der Waals surface area contributed by atoms with Gasteiger partial charge in [0.1, 0.15) is 18.2 Å². The number of nitrogens with zero attached hydrogens (tertiary/aromatic N) is 1. The van der Waals surface area contributed by atoms with E-state index in [0.29, 0.717) is 25.9 Å². The first-order valence-electron chi connectivity index (χ1n) is 14.9. The highest BCUT2D eigenvalue weighted by molar-refractivity contribution is 5.93. The van der Waals surface area contributed by atoms with Gasteiger partial charge in [-0.1, -0.05) is 85.3 Å². The van der Waals surface area contributed by atoms with Crippen LogP contribution in [0.2, 0.25) is 0 Å². The minimum absolute atomic E-state index is 0.0869. The van der Waals surface area contributed by atoms with Gasteiger partial charge in [-0.2, -0.15) is 0 Å². The zero-order valence-corrected chi connectivity index (χ0v) is 23.6. The number of carboxylic acids is 1. The number of nitrogens with one attached hydrogen (secondary N) is 2. The van der Waals surface area contributed by atoms with Gasteiger partial charge in [0.2, 0.25) is 5.91 Å². The highest BCUT2D eigenvalue weighted by Crippen LogP contribution is 2.44. The summed E-state index contributed by atoms with van der Waals surface area (Å²) in [6.45, 7) is 2.03. The number of benzene rings is 3. The van der Waals surface area contributed by atoms with Gasteiger partial charge >= 0.3 is 12.1 Å². The smallest absolute Gasteiger partial charge is 0.408 e. The Labute approximate surface area is 246 Å². The van der Waals surface area contributed by atoms with Crippen molar-refractivity contribution in [3.05, 3.63) is 95.6 Å². The number of likely N-dealkylation sites (tertiary alicyclic amines) is 1. The topological polar surface area (TPSA) is 108 Å². The second kappa shape index (κ2) is 12.0. The van der Waals surface area contributed by atoms with E-state index in [9.17, 15) is 19.5 Å². The van der Waals surface area contributed by atoms with Crippen molar-refractivity contribution in [3.63, 3.8) is 0 Å². The third kappa shape index (κ3) is 5.63. The molecule has 1 aliphatic heterocycles.